The Labute approximate surface area is 115 Å². The quantitative estimate of drug-likeness (QED) is 0.877. The molecule has 3 atom stereocenters. The number of aromatic nitrogens is 2. The summed E-state index contributed by atoms with van der Waals surface area (Å²) in [6, 6.07) is 0. The second-order valence-electron chi connectivity index (χ2n) is 6.74. The Morgan fingerprint density at radius 3 is 2.68 bits per heavy atom. The Kier molecular flexibility index (Phi) is 3.19. The van der Waals surface area contributed by atoms with Gasteiger partial charge in [0.05, 0.1) is 11.4 Å². The predicted octanol–water partition coefficient (Wildman–Crippen LogP) is 2.97. The summed E-state index contributed by atoms with van der Waals surface area (Å²) in [7, 11) is 1.98. The molecule has 2 aliphatic rings. The first kappa shape index (κ1) is 12.8. The van der Waals surface area contributed by atoms with E-state index in [0.717, 1.165) is 41.5 Å². The summed E-state index contributed by atoms with van der Waals surface area (Å²) in [5.41, 5.74) is 8.07. The van der Waals surface area contributed by atoms with Crippen molar-refractivity contribution >= 4 is 11.5 Å². The van der Waals surface area contributed by atoms with E-state index in [4.69, 9.17) is 5.73 Å². The smallest absolute Gasteiger partial charge is 0.147 e. The lowest BCUT2D eigenvalue weighted by Crippen LogP contribution is -2.21. The Hall–Kier alpha value is -1.19. The summed E-state index contributed by atoms with van der Waals surface area (Å²) in [5, 5.41) is 8.09. The Balaban J connectivity index is 1.67. The van der Waals surface area contributed by atoms with Gasteiger partial charge in [0, 0.05) is 13.6 Å². The summed E-state index contributed by atoms with van der Waals surface area (Å²) in [6.45, 7) is 5.33. The fourth-order valence-corrected chi connectivity index (χ4v) is 4.05. The third kappa shape index (κ3) is 2.21. The molecular weight excluding hydrogens is 236 g/mol. The van der Waals surface area contributed by atoms with Crippen LogP contribution in [0.5, 0.6) is 0 Å². The monoisotopic (exact) mass is 262 g/mol. The van der Waals surface area contributed by atoms with Crippen LogP contribution in [0, 0.1) is 17.8 Å². The third-order valence-electron chi connectivity index (χ3n) is 5.08. The molecule has 1 heterocycles. The van der Waals surface area contributed by atoms with Gasteiger partial charge in [-0.15, -0.1) is 0 Å². The number of nitrogens with one attached hydrogen (secondary N) is 1. The third-order valence-corrected chi connectivity index (χ3v) is 5.08. The maximum absolute atomic E-state index is 6.22. The van der Waals surface area contributed by atoms with E-state index in [9.17, 15) is 0 Å². The highest BCUT2D eigenvalue weighted by molar-refractivity contribution is 5.65. The molecule has 4 nitrogen and oxygen atoms in total. The van der Waals surface area contributed by atoms with Gasteiger partial charge in [0.15, 0.2) is 0 Å². The van der Waals surface area contributed by atoms with E-state index >= 15 is 0 Å². The summed E-state index contributed by atoms with van der Waals surface area (Å²) in [4.78, 5) is 0. The van der Waals surface area contributed by atoms with Crippen molar-refractivity contribution in [3.63, 3.8) is 0 Å². The Morgan fingerprint density at radius 2 is 2.16 bits per heavy atom. The van der Waals surface area contributed by atoms with E-state index in [1.165, 1.54) is 25.7 Å². The number of anilines is 2. The van der Waals surface area contributed by atoms with Crippen molar-refractivity contribution in [2.45, 2.75) is 45.4 Å². The standard InChI is InChI=1S/C15H26N4/c1-9(2)14-13(16)15(19(3)18-14)17-8-12-7-10-4-5-11(12)6-10/h9-12,17H,4-8,16H2,1-3H3. The first-order valence-electron chi connectivity index (χ1n) is 7.62. The topological polar surface area (TPSA) is 55.9 Å². The molecule has 3 N–H and O–H groups in total. The van der Waals surface area contributed by atoms with Gasteiger partial charge in [0.25, 0.3) is 0 Å². The maximum Gasteiger partial charge on any atom is 0.147 e. The van der Waals surface area contributed by atoms with Crippen LogP contribution in [0.1, 0.15) is 51.1 Å². The average molecular weight is 262 g/mol. The van der Waals surface area contributed by atoms with Crippen LogP contribution in [-0.2, 0) is 7.05 Å². The van der Waals surface area contributed by atoms with Crippen LogP contribution in [0.15, 0.2) is 0 Å². The van der Waals surface area contributed by atoms with Crippen LogP contribution in [0.4, 0.5) is 11.5 Å². The van der Waals surface area contributed by atoms with Crippen LogP contribution < -0.4 is 11.1 Å². The molecule has 0 aromatic carbocycles. The van der Waals surface area contributed by atoms with Crippen LogP contribution in [0.2, 0.25) is 0 Å². The number of hydrogen-bond acceptors (Lipinski definition) is 3. The van der Waals surface area contributed by atoms with Gasteiger partial charge in [-0.25, -0.2) is 0 Å². The van der Waals surface area contributed by atoms with Gasteiger partial charge in [0.2, 0.25) is 0 Å². The SMILES string of the molecule is CC(C)c1nn(C)c(NCC2CC3CCC2C3)c1N. The number of nitrogen functional groups attached to an aromatic ring is 1. The van der Waals surface area contributed by atoms with Crippen molar-refractivity contribution in [1.82, 2.24) is 9.78 Å². The molecule has 2 bridgehead atoms. The van der Waals surface area contributed by atoms with Crippen molar-refractivity contribution in [1.29, 1.82) is 0 Å². The van der Waals surface area contributed by atoms with Gasteiger partial charge in [-0.2, -0.15) is 5.10 Å². The summed E-state index contributed by atoms with van der Waals surface area (Å²) in [6.07, 6.45) is 5.78. The fraction of sp³-hybridized carbons (Fsp3) is 0.800. The normalized spacial score (nSPS) is 29.4. The van der Waals surface area contributed by atoms with Crippen molar-refractivity contribution in [2.24, 2.45) is 24.8 Å². The molecule has 1 aromatic rings. The highest BCUT2D eigenvalue weighted by atomic mass is 15.3. The average Bonchev–Trinajstić information content (AvgIpc) is 3.03. The summed E-state index contributed by atoms with van der Waals surface area (Å²) in [5.74, 6) is 4.19. The second-order valence-corrected chi connectivity index (χ2v) is 6.74. The minimum absolute atomic E-state index is 0.379. The first-order chi connectivity index (χ1) is 9.06. The number of nitrogens with zero attached hydrogens (tertiary/aromatic N) is 2. The molecule has 2 fully saturated rings. The molecule has 2 saturated carbocycles. The largest absolute Gasteiger partial charge is 0.394 e. The molecule has 0 spiro atoms. The molecular formula is C15H26N4. The van der Waals surface area contributed by atoms with Gasteiger partial charge < -0.3 is 11.1 Å². The minimum atomic E-state index is 0.379. The lowest BCUT2D eigenvalue weighted by Gasteiger charge is -2.22. The molecule has 1 aromatic heterocycles. The van der Waals surface area contributed by atoms with E-state index in [1.54, 1.807) is 0 Å². The second kappa shape index (κ2) is 4.73. The van der Waals surface area contributed by atoms with E-state index in [1.807, 2.05) is 11.7 Å². The number of nitrogens with two attached hydrogens (primary N) is 1. The van der Waals surface area contributed by atoms with Gasteiger partial charge >= 0.3 is 0 Å². The van der Waals surface area contributed by atoms with Crippen LogP contribution in [0.3, 0.4) is 0 Å². The van der Waals surface area contributed by atoms with Crippen LogP contribution >= 0.6 is 0 Å². The predicted molar refractivity (Wildman–Crippen MR) is 79.1 cm³/mol. The molecule has 0 aliphatic heterocycles. The Bertz CT molecular complexity index is 463. The first-order valence-corrected chi connectivity index (χ1v) is 7.62. The summed E-state index contributed by atoms with van der Waals surface area (Å²) >= 11 is 0. The summed E-state index contributed by atoms with van der Waals surface area (Å²) < 4.78 is 1.90. The highest BCUT2D eigenvalue weighted by Crippen LogP contribution is 2.48. The van der Waals surface area contributed by atoms with E-state index < -0.39 is 0 Å². The van der Waals surface area contributed by atoms with E-state index in [-0.39, 0.29) is 0 Å². The minimum Gasteiger partial charge on any atom is -0.394 e. The van der Waals surface area contributed by atoms with Crippen molar-refractivity contribution in [3.05, 3.63) is 5.69 Å². The van der Waals surface area contributed by atoms with Crippen molar-refractivity contribution in [3.8, 4) is 0 Å². The molecule has 0 amide bonds. The van der Waals surface area contributed by atoms with Crippen LogP contribution in [0.25, 0.3) is 0 Å². The zero-order valence-corrected chi connectivity index (χ0v) is 12.3. The lowest BCUT2D eigenvalue weighted by atomic mass is 9.89. The molecule has 3 unspecified atom stereocenters. The molecule has 3 rings (SSSR count). The van der Waals surface area contributed by atoms with Crippen LogP contribution in [-0.4, -0.2) is 16.3 Å². The molecule has 2 aliphatic carbocycles. The zero-order valence-electron chi connectivity index (χ0n) is 12.3. The lowest BCUT2D eigenvalue weighted by molar-refractivity contribution is 0.348. The van der Waals surface area contributed by atoms with Gasteiger partial charge in [0.1, 0.15) is 5.82 Å². The molecule has 19 heavy (non-hydrogen) atoms. The number of fused-ring (bicyclic) bond motifs is 2. The number of aryl methyl sites for hydroxylation is 1. The van der Waals surface area contributed by atoms with Gasteiger partial charge in [-0.1, -0.05) is 20.3 Å². The highest BCUT2D eigenvalue weighted by Gasteiger charge is 2.39. The number of hydrogen-bond donors (Lipinski definition) is 2. The molecule has 106 valence electrons. The Morgan fingerprint density at radius 1 is 1.37 bits per heavy atom. The van der Waals surface area contributed by atoms with Crippen molar-refractivity contribution < 1.29 is 0 Å². The van der Waals surface area contributed by atoms with Gasteiger partial charge in [-0.3, -0.25) is 4.68 Å². The van der Waals surface area contributed by atoms with E-state index in [2.05, 4.69) is 24.3 Å². The number of rotatable bonds is 4. The van der Waals surface area contributed by atoms with E-state index in [0.29, 0.717) is 5.92 Å². The van der Waals surface area contributed by atoms with Gasteiger partial charge in [-0.05, 0) is 42.9 Å². The molecule has 0 radical (unpaired) electrons. The fourth-order valence-electron chi connectivity index (χ4n) is 4.05. The van der Waals surface area contributed by atoms with Crippen molar-refractivity contribution in [2.75, 3.05) is 17.6 Å². The maximum atomic E-state index is 6.22. The molecule has 0 saturated heterocycles. The molecule has 4 heteroatoms. The zero-order chi connectivity index (χ0) is 13.6.